The Balaban J connectivity index is 1.61. The number of hydrogen-bond donors (Lipinski definition) is 1. The molecule has 5 nitrogen and oxygen atoms in total. The molecule has 0 aliphatic carbocycles. The van der Waals surface area contributed by atoms with Crippen LogP contribution in [0.2, 0.25) is 5.02 Å². The number of nitrogens with zero attached hydrogens (tertiary/aromatic N) is 3. The Hall–Kier alpha value is -3.16. The van der Waals surface area contributed by atoms with Crippen molar-refractivity contribution in [3.8, 4) is 5.69 Å². The first kappa shape index (κ1) is 19.8. The monoisotopic (exact) mass is 452 g/mol. The largest absolute Gasteiger partial charge is 0.467 e. The molecule has 1 aliphatic heterocycles. The second-order valence-electron chi connectivity index (χ2n) is 7.24. The van der Waals surface area contributed by atoms with E-state index in [1.165, 1.54) is 6.07 Å². The van der Waals surface area contributed by atoms with Gasteiger partial charge in [-0.15, -0.1) is 0 Å². The first-order chi connectivity index (χ1) is 15.1. The first-order valence-electron chi connectivity index (χ1n) is 9.75. The molecule has 31 heavy (non-hydrogen) atoms. The van der Waals surface area contributed by atoms with Crippen LogP contribution in [0.3, 0.4) is 0 Å². The summed E-state index contributed by atoms with van der Waals surface area (Å²) in [6, 6.07) is 17.9. The zero-order valence-corrected chi connectivity index (χ0v) is 17.9. The number of halogens is 2. The van der Waals surface area contributed by atoms with Gasteiger partial charge >= 0.3 is 0 Å². The van der Waals surface area contributed by atoms with E-state index in [4.69, 9.17) is 28.2 Å². The molecule has 4 aromatic rings. The molecule has 0 bridgehead atoms. The molecule has 1 saturated heterocycles. The van der Waals surface area contributed by atoms with Gasteiger partial charge in [-0.3, -0.25) is 4.98 Å². The number of hydrogen-bond acceptors (Lipinski definition) is 3. The average molecular weight is 453 g/mol. The highest BCUT2D eigenvalue weighted by Crippen LogP contribution is 2.40. The van der Waals surface area contributed by atoms with E-state index in [-0.39, 0.29) is 17.1 Å². The minimum atomic E-state index is -0.450. The molecule has 2 atom stereocenters. The SMILES string of the molecule is Fc1ccc(-n2cccc2[C@H]2[C@H](c3ccccn3)NC(=S)N2Cc2ccco2)cc1Cl. The van der Waals surface area contributed by atoms with Gasteiger partial charge in [-0.2, -0.15) is 0 Å². The van der Waals surface area contributed by atoms with Gasteiger partial charge in [0.1, 0.15) is 11.6 Å². The number of benzene rings is 1. The third-order valence-corrected chi connectivity index (χ3v) is 6.01. The van der Waals surface area contributed by atoms with Crippen LogP contribution in [0.25, 0.3) is 5.69 Å². The van der Waals surface area contributed by atoms with Crippen LogP contribution in [-0.2, 0) is 6.54 Å². The molecule has 1 N–H and O–H groups in total. The maximum Gasteiger partial charge on any atom is 0.170 e. The van der Waals surface area contributed by atoms with Gasteiger partial charge in [0.25, 0.3) is 0 Å². The molecule has 3 aromatic heterocycles. The Morgan fingerprint density at radius 1 is 1.13 bits per heavy atom. The van der Waals surface area contributed by atoms with Crippen LogP contribution in [0, 0.1) is 5.82 Å². The van der Waals surface area contributed by atoms with Crippen molar-refractivity contribution in [2.75, 3.05) is 0 Å². The normalized spacial score (nSPS) is 18.4. The topological polar surface area (TPSA) is 46.2 Å². The third-order valence-electron chi connectivity index (χ3n) is 5.37. The molecule has 5 rings (SSSR count). The highest BCUT2D eigenvalue weighted by molar-refractivity contribution is 7.80. The highest BCUT2D eigenvalue weighted by Gasteiger charge is 2.41. The van der Waals surface area contributed by atoms with Crippen molar-refractivity contribution >= 4 is 28.9 Å². The summed E-state index contributed by atoms with van der Waals surface area (Å²) in [5, 5.41) is 4.11. The average Bonchev–Trinajstić information content (AvgIpc) is 3.52. The van der Waals surface area contributed by atoms with E-state index in [0.717, 1.165) is 22.8 Å². The number of nitrogens with one attached hydrogen (secondary N) is 1. The molecule has 0 unspecified atom stereocenters. The fourth-order valence-corrected chi connectivity index (χ4v) is 4.45. The van der Waals surface area contributed by atoms with Crippen molar-refractivity contribution in [1.82, 2.24) is 19.8 Å². The lowest BCUT2D eigenvalue weighted by atomic mass is 10.0. The number of thiocarbonyl (C=S) groups is 1. The minimum Gasteiger partial charge on any atom is -0.467 e. The number of furan rings is 1. The molecule has 1 aromatic carbocycles. The summed E-state index contributed by atoms with van der Waals surface area (Å²) in [6.07, 6.45) is 5.35. The van der Waals surface area contributed by atoms with Crippen LogP contribution in [-0.4, -0.2) is 19.6 Å². The molecule has 1 fully saturated rings. The van der Waals surface area contributed by atoms with Crippen LogP contribution in [0.5, 0.6) is 0 Å². The smallest absolute Gasteiger partial charge is 0.170 e. The van der Waals surface area contributed by atoms with Crippen LogP contribution in [0.4, 0.5) is 4.39 Å². The second-order valence-corrected chi connectivity index (χ2v) is 8.03. The Morgan fingerprint density at radius 3 is 2.77 bits per heavy atom. The number of rotatable bonds is 5. The molecule has 4 heterocycles. The van der Waals surface area contributed by atoms with E-state index >= 15 is 0 Å². The molecule has 1 aliphatic rings. The Kier molecular flexibility index (Phi) is 5.21. The van der Waals surface area contributed by atoms with Gasteiger partial charge in [0.05, 0.1) is 35.6 Å². The molecular weight excluding hydrogens is 435 g/mol. The van der Waals surface area contributed by atoms with Crippen molar-refractivity contribution in [2.45, 2.75) is 18.6 Å². The predicted octanol–water partition coefficient (Wildman–Crippen LogP) is 5.43. The summed E-state index contributed by atoms with van der Waals surface area (Å²) < 4.78 is 21.3. The molecule has 0 radical (unpaired) electrons. The Bertz CT molecular complexity index is 1210. The molecule has 0 amide bonds. The Labute approximate surface area is 189 Å². The fraction of sp³-hybridized carbons (Fsp3) is 0.130. The fourth-order valence-electron chi connectivity index (χ4n) is 3.97. The summed E-state index contributed by atoms with van der Waals surface area (Å²) in [6.45, 7) is 0.502. The predicted molar refractivity (Wildman–Crippen MR) is 120 cm³/mol. The highest BCUT2D eigenvalue weighted by atomic mass is 35.5. The summed E-state index contributed by atoms with van der Waals surface area (Å²) >= 11 is 11.8. The van der Waals surface area contributed by atoms with E-state index in [1.807, 2.05) is 53.2 Å². The lowest BCUT2D eigenvalue weighted by Crippen LogP contribution is -2.29. The molecular formula is C23H18ClFN4OS. The van der Waals surface area contributed by atoms with E-state index in [2.05, 4.69) is 15.2 Å². The zero-order valence-electron chi connectivity index (χ0n) is 16.3. The van der Waals surface area contributed by atoms with E-state index in [0.29, 0.717) is 11.7 Å². The van der Waals surface area contributed by atoms with E-state index in [1.54, 1.807) is 24.6 Å². The first-order valence-corrected chi connectivity index (χ1v) is 10.5. The minimum absolute atomic E-state index is 0.0749. The van der Waals surface area contributed by atoms with Crippen LogP contribution < -0.4 is 5.32 Å². The summed E-state index contributed by atoms with van der Waals surface area (Å²) in [5.41, 5.74) is 2.61. The van der Waals surface area contributed by atoms with Crippen molar-refractivity contribution in [3.05, 3.63) is 107 Å². The second kappa shape index (κ2) is 8.17. The van der Waals surface area contributed by atoms with Crippen molar-refractivity contribution in [3.63, 3.8) is 0 Å². The van der Waals surface area contributed by atoms with E-state index < -0.39 is 5.82 Å². The summed E-state index contributed by atoms with van der Waals surface area (Å²) in [5.74, 6) is 0.354. The molecule has 156 valence electrons. The molecule has 0 spiro atoms. The van der Waals surface area contributed by atoms with Crippen molar-refractivity contribution in [2.24, 2.45) is 0 Å². The lowest BCUT2D eigenvalue weighted by molar-refractivity contribution is 0.280. The number of pyridine rings is 1. The van der Waals surface area contributed by atoms with Gasteiger partial charge in [0, 0.05) is 23.8 Å². The van der Waals surface area contributed by atoms with Crippen LogP contribution >= 0.6 is 23.8 Å². The van der Waals surface area contributed by atoms with Gasteiger partial charge in [0.2, 0.25) is 0 Å². The standard InChI is InChI=1S/C23H18ClFN4OS/c24-17-13-15(8-9-18(17)25)28-11-3-7-20(28)22-21(19-6-1-2-10-26-19)27-23(31)29(22)14-16-5-4-12-30-16/h1-13,21-22H,14H2,(H,27,31)/t21-,22-/m0/s1. The van der Waals surface area contributed by atoms with Gasteiger partial charge < -0.3 is 19.2 Å². The molecule has 0 saturated carbocycles. The number of aromatic nitrogens is 2. The van der Waals surface area contributed by atoms with Crippen molar-refractivity contribution in [1.29, 1.82) is 0 Å². The van der Waals surface area contributed by atoms with Crippen molar-refractivity contribution < 1.29 is 8.81 Å². The van der Waals surface area contributed by atoms with Crippen LogP contribution in [0.1, 0.15) is 29.2 Å². The van der Waals surface area contributed by atoms with E-state index in [9.17, 15) is 4.39 Å². The van der Waals surface area contributed by atoms with Gasteiger partial charge in [-0.1, -0.05) is 17.7 Å². The zero-order chi connectivity index (χ0) is 21.4. The Morgan fingerprint density at radius 2 is 2.03 bits per heavy atom. The molecule has 8 heteroatoms. The summed E-state index contributed by atoms with van der Waals surface area (Å²) in [7, 11) is 0. The maximum atomic E-state index is 13.8. The van der Waals surface area contributed by atoms with Gasteiger partial charge in [0.15, 0.2) is 5.11 Å². The van der Waals surface area contributed by atoms with Gasteiger partial charge in [-0.25, -0.2) is 4.39 Å². The lowest BCUT2D eigenvalue weighted by Gasteiger charge is -2.28. The quantitative estimate of drug-likeness (QED) is 0.409. The maximum absolute atomic E-state index is 13.8. The summed E-state index contributed by atoms with van der Waals surface area (Å²) in [4.78, 5) is 6.65. The van der Waals surface area contributed by atoms with Crippen LogP contribution in [0.15, 0.2) is 83.7 Å². The third kappa shape index (κ3) is 3.71. The van der Waals surface area contributed by atoms with Gasteiger partial charge in [-0.05, 0) is 66.8 Å².